The number of aliphatic hydroxyl groups is 1. The Balaban J connectivity index is 0.000000654. The first-order chi connectivity index (χ1) is 15.5. The molecule has 1 aromatic rings. The van der Waals surface area contributed by atoms with Crippen molar-refractivity contribution in [2.45, 2.75) is 31.8 Å². The SMILES string of the molecule is CC(=O)C1N=CC(C(=O)NC(C2=CCC=CC=C2)c2ccccc2)C(O)N1.NCCSO. The number of allylic oxidation sites excluding steroid dienone is 4. The van der Waals surface area contributed by atoms with Gasteiger partial charge in [0.1, 0.15) is 12.1 Å². The maximum absolute atomic E-state index is 12.8. The minimum absolute atomic E-state index is 0.215. The molecule has 4 atom stereocenters. The Bertz CT molecular complexity index is 868. The molecular weight excluding hydrogens is 428 g/mol. The number of rotatable bonds is 7. The molecule has 1 amide bonds. The average molecular weight is 459 g/mol. The zero-order valence-electron chi connectivity index (χ0n) is 17.9. The van der Waals surface area contributed by atoms with Gasteiger partial charge in [-0.25, -0.2) is 0 Å². The molecule has 0 bridgehead atoms. The zero-order chi connectivity index (χ0) is 23.3. The topological polar surface area (TPSA) is 137 Å². The van der Waals surface area contributed by atoms with Crippen LogP contribution in [0.15, 0.2) is 71.3 Å². The number of Topliss-reactive ketones (excluding diaryl/α,β-unsaturated/α-hetero) is 1. The molecule has 0 aromatic heterocycles. The summed E-state index contributed by atoms with van der Waals surface area (Å²) >= 11 is 0.777. The van der Waals surface area contributed by atoms with Gasteiger partial charge in [-0.05, 0) is 36.5 Å². The molecule has 8 nitrogen and oxygen atoms in total. The number of aliphatic hydroxyl groups excluding tert-OH is 1. The van der Waals surface area contributed by atoms with Gasteiger partial charge in [-0.2, -0.15) is 0 Å². The van der Waals surface area contributed by atoms with Crippen LogP contribution in [0.2, 0.25) is 0 Å². The van der Waals surface area contributed by atoms with E-state index in [-0.39, 0.29) is 17.7 Å². The number of carbonyl (C=O) groups excluding carboxylic acids is 2. The Morgan fingerprint density at radius 1 is 1.31 bits per heavy atom. The summed E-state index contributed by atoms with van der Waals surface area (Å²) in [5, 5.41) is 15.9. The van der Waals surface area contributed by atoms with Crippen LogP contribution in [0.3, 0.4) is 0 Å². The first kappa shape index (κ1) is 25.7. The van der Waals surface area contributed by atoms with E-state index in [0.717, 1.165) is 29.6 Å². The first-order valence-corrected chi connectivity index (χ1v) is 11.2. The van der Waals surface area contributed by atoms with Gasteiger partial charge in [0.25, 0.3) is 0 Å². The predicted molar refractivity (Wildman–Crippen MR) is 128 cm³/mol. The van der Waals surface area contributed by atoms with Crippen LogP contribution in [-0.4, -0.2) is 52.3 Å². The highest BCUT2D eigenvalue weighted by molar-refractivity contribution is 7.93. The summed E-state index contributed by atoms with van der Waals surface area (Å²) in [4.78, 5) is 28.3. The van der Waals surface area contributed by atoms with E-state index in [2.05, 4.69) is 21.7 Å². The number of hydrogen-bond donors (Lipinski definition) is 5. The van der Waals surface area contributed by atoms with E-state index in [1.807, 2.05) is 54.6 Å². The predicted octanol–water partition coefficient (Wildman–Crippen LogP) is 1.96. The highest BCUT2D eigenvalue weighted by atomic mass is 32.2. The Labute approximate surface area is 192 Å². The fourth-order valence-electron chi connectivity index (χ4n) is 3.11. The lowest BCUT2D eigenvalue weighted by atomic mass is 9.96. The van der Waals surface area contributed by atoms with Gasteiger partial charge < -0.3 is 20.7 Å². The monoisotopic (exact) mass is 458 g/mol. The van der Waals surface area contributed by atoms with Gasteiger partial charge in [0.2, 0.25) is 5.91 Å². The third kappa shape index (κ3) is 7.85. The number of nitrogens with zero attached hydrogens (tertiary/aromatic N) is 1. The normalized spacial score (nSPS) is 22.8. The molecule has 1 aliphatic carbocycles. The molecule has 0 fully saturated rings. The largest absolute Gasteiger partial charge is 0.377 e. The Morgan fingerprint density at radius 3 is 2.66 bits per heavy atom. The molecule has 0 saturated heterocycles. The highest BCUT2D eigenvalue weighted by Gasteiger charge is 2.33. The summed E-state index contributed by atoms with van der Waals surface area (Å²) in [6.07, 6.45) is 10.1. The lowest BCUT2D eigenvalue weighted by molar-refractivity contribution is -0.129. The number of nitrogens with two attached hydrogens (primary N) is 1. The van der Waals surface area contributed by atoms with Crippen LogP contribution < -0.4 is 16.4 Å². The molecule has 0 spiro atoms. The van der Waals surface area contributed by atoms with Crippen molar-refractivity contribution in [3.05, 3.63) is 71.8 Å². The number of carbonyl (C=O) groups is 2. The number of amides is 1. The van der Waals surface area contributed by atoms with Crippen molar-refractivity contribution >= 4 is 29.9 Å². The van der Waals surface area contributed by atoms with Crippen molar-refractivity contribution < 1.29 is 19.2 Å². The summed E-state index contributed by atoms with van der Waals surface area (Å²) in [6.45, 7) is 1.94. The number of aliphatic imine (C=N–C) groups is 1. The van der Waals surface area contributed by atoms with Crippen molar-refractivity contribution in [2.75, 3.05) is 12.3 Å². The Kier molecular flexibility index (Phi) is 11.1. The maximum atomic E-state index is 12.8. The van der Waals surface area contributed by atoms with Gasteiger partial charge in [0, 0.05) is 18.5 Å². The molecule has 3 rings (SSSR count). The van der Waals surface area contributed by atoms with Crippen molar-refractivity contribution in [2.24, 2.45) is 16.6 Å². The van der Waals surface area contributed by atoms with E-state index in [0.29, 0.717) is 12.3 Å². The fraction of sp³-hybridized carbons (Fsp3) is 0.348. The van der Waals surface area contributed by atoms with Crippen molar-refractivity contribution in [1.82, 2.24) is 10.6 Å². The van der Waals surface area contributed by atoms with E-state index in [1.54, 1.807) is 0 Å². The molecule has 6 N–H and O–H groups in total. The van der Waals surface area contributed by atoms with E-state index >= 15 is 0 Å². The lowest BCUT2D eigenvalue weighted by Crippen LogP contribution is -2.54. The minimum Gasteiger partial charge on any atom is -0.377 e. The van der Waals surface area contributed by atoms with E-state index in [9.17, 15) is 14.7 Å². The van der Waals surface area contributed by atoms with Crippen molar-refractivity contribution in [1.29, 1.82) is 0 Å². The van der Waals surface area contributed by atoms with E-state index in [1.165, 1.54) is 13.1 Å². The zero-order valence-corrected chi connectivity index (χ0v) is 18.7. The average Bonchev–Trinajstić information content (AvgIpc) is 3.08. The molecule has 2 aliphatic rings. The van der Waals surface area contributed by atoms with Crippen LogP contribution >= 0.6 is 12.0 Å². The number of hydrogen-bond acceptors (Lipinski definition) is 8. The highest BCUT2D eigenvalue weighted by Crippen LogP contribution is 2.25. The maximum Gasteiger partial charge on any atom is 0.233 e. The van der Waals surface area contributed by atoms with Gasteiger partial charge in [0.05, 0.1) is 6.04 Å². The molecule has 9 heteroatoms. The molecule has 32 heavy (non-hydrogen) atoms. The third-order valence-corrected chi connectivity index (χ3v) is 5.16. The first-order valence-electron chi connectivity index (χ1n) is 10.3. The van der Waals surface area contributed by atoms with Crippen LogP contribution in [0.5, 0.6) is 0 Å². The summed E-state index contributed by atoms with van der Waals surface area (Å²) in [7, 11) is 0. The smallest absolute Gasteiger partial charge is 0.233 e. The van der Waals surface area contributed by atoms with Crippen LogP contribution in [0, 0.1) is 5.92 Å². The second-order valence-corrected chi connectivity index (χ2v) is 7.82. The second-order valence-electron chi connectivity index (χ2n) is 7.15. The third-order valence-electron chi connectivity index (χ3n) is 4.74. The number of ketones is 1. The fourth-order valence-corrected chi connectivity index (χ4v) is 3.21. The van der Waals surface area contributed by atoms with Gasteiger partial charge in [-0.3, -0.25) is 19.9 Å². The Morgan fingerprint density at radius 2 is 2.06 bits per heavy atom. The van der Waals surface area contributed by atoms with Crippen LogP contribution in [0.25, 0.3) is 0 Å². The summed E-state index contributed by atoms with van der Waals surface area (Å²) in [5.74, 6) is -0.811. The summed E-state index contributed by atoms with van der Waals surface area (Å²) in [5.41, 5.74) is 6.87. The van der Waals surface area contributed by atoms with Gasteiger partial charge >= 0.3 is 0 Å². The standard InChI is InChI=1S/C21H23N3O3.C2H7NOS/c1-14(25)19-22-13-17(21(27)24-19)20(26)23-18(16-11-7-4-8-12-16)15-9-5-2-3-6-10-15;3-1-2-5-4/h2-5,7-13,17-19,21,24,27H,6H2,1H3,(H,23,26);4H,1-3H2. The molecule has 172 valence electrons. The quantitative estimate of drug-likeness (QED) is 0.394. The van der Waals surface area contributed by atoms with Gasteiger partial charge in [0.15, 0.2) is 11.9 Å². The van der Waals surface area contributed by atoms with Crippen LogP contribution in [-0.2, 0) is 9.59 Å². The van der Waals surface area contributed by atoms with Crippen molar-refractivity contribution in [3.63, 3.8) is 0 Å². The second kappa shape index (κ2) is 13.8. The van der Waals surface area contributed by atoms with Crippen molar-refractivity contribution in [3.8, 4) is 0 Å². The van der Waals surface area contributed by atoms with Crippen LogP contribution in [0.4, 0.5) is 0 Å². The Hall–Kier alpha value is -2.56. The molecular formula is C23H30N4O4S. The number of nitrogens with one attached hydrogen (secondary N) is 2. The molecule has 1 heterocycles. The molecule has 0 radical (unpaired) electrons. The lowest BCUT2D eigenvalue weighted by Gasteiger charge is -2.29. The number of benzene rings is 1. The van der Waals surface area contributed by atoms with E-state index < -0.39 is 18.3 Å². The molecule has 1 aromatic carbocycles. The molecule has 1 aliphatic heterocycles. The van der Waals surface area contributed by atoms with Gasteiger partial charge in [-0.1, -0.05) is 60.7 Å². The van der Waals surface area contributed by atoms with Gasteiger partial charge in [-0.15, -0.1) is 0 Å². The molecule has 0 saturated carbocycles. The minimum atomic E-state index is -1.17. The van der Waals surface area contributed by atoms with E-state index in [4.69, 9.17) is 10.3 Å². The summed E-state index contributed by atoms with van der Waals surface area (Å²) < 4.78 is 7.90. The van der Waals surface area contributed by atoms with Crippen LogP contribution in [0.1, 0.15) is 24.9 Å². The summed E-state index contributed by atoms with van der Waals surface area (Å²) in [6, 6.07) is 9.32. The molecule has 4 unspecified atom stereocenters.